The van der Waals surface area contributed by atoms with E-state index in [9.17, 15) is 4.79 Å². The molecule has 0 saturated carbocycles. The summed E-state index contributed by atoms with van der Waals surface area (Å²) in [6.07, 6.45) is 2.57. The molecule has 1 aliphatic heterocycles. The van der Waals surface area contributed by atoms with E-state index in [1.807, 2.05) is 19.1 Å². The molecular weight excluding hydrogens is 322 g/mol. The molecular formula is C22H29N3O. The summed E-state index contributed by atoms with van der Waals surface area (Å²) in [5.74, 6) is 0.772. The van der Waals surface area contributed by atoms with Gasteiger partial charge in [0.1, 0.15) is 0 Å². The largest absolute Gasteiger partial charge is 0.399 e. The number of carbonyl (C=O) groups excluding carboxylic acids is 1. The van der Waals surface area contributed by atoms with Crippen LogP contribution in [-0.2, 0) is 13.1 Å². The van der Waals surface area contributed by atoms with Crippen LogP contribution in [0.2, 0.25) is 0 Å². The SMILES string of the molecule is Cc1ccc(N)cc1C(=O)NCc1cccc(CN2CCC(C)CC2)c1. The lowest BCUT2D eigenvalue weighted by Crippen LogP contribution is -2.32. The van der Waals surface area contributed by atoms with Gasteiger partial charge in [-0.15, -0.1) is 0 Å². The maximum Gasteiger partial charge on any atom is 0.251 e. The zero-order chi connectivity index (χ0) is 18.5. The van der Waals surface area contributed by atoms with Crippen molar-refractivity contribution in [2.45, 2.75) is 39.8 Å². The molecule has 0 aromatic heterocycles. The molecule has 1 saturated heterocycles. The molecule has 4 heteroatoms. The summed E-state index contributed by atoms with van der Waals surface area (Å²) in [6.45, 7) is 8.13. The molecule has 3 N–H and O–H groups in total. The van der Waals surface area contributed by atoms with Crippen molar-refractivity contribution in [2.24, 2.45) is 5.92 Å². The fourth-order valence-electron chi connectivity index (χ4n) is 3.48. The number of hydrogen-bond donors (Lipinski definition) is 2. The van der Waals surface area contributed by atoms with Crippen LogP contribution in [0.3, 0.4) is 0 Å². The van der Waals surface area contributed by atoms with E-state index in [0.717, 1.165) is 23.6 Å². The molecule has 0 atom stereocenters. The van der Waals surface area contributed by atoms with E-state index in [-0.39, 0.29) is 5.91 Å². The minimum absolute atomic E-state index is 0.0785. The zero-order valence-electron chi connectivity index (χ0n) is 15.8. The number of aryl methyl sites for hydroxylation is 1. The van der Waals surface area contributed by atoms with Crippen molar-refractivity contribution >= 4 is 11.6 Å². The number of nitrogens with two attached hydrogens (primary N) is 1. The van der Waals surface area contributed by atoms with Crippen LogP contribution in [0.15, 0.2) is 42.5 Å². The molecule has 2 aromatic rings. The Labute approximate surface area is 156 Å². The number of carbonyl (C=O) groups is 1. The zero-order valence-corrected chi connectivity index (χ0v) is 15.8. The highest BCUT2D eigenvalue weighted by Gasteiger charge is 2.15. The molecule has 0 radical (unpaired) electrons. The van der Waals surface area contributed by atoms with Gasteiger partial charge in [0.15, 0.2) is 0 Å². The molecule has 0 spiro atoms. The third-order valence-corrected chi connectivity index (χ3v) is 5.23. The number of likely N-dealkylation sites (tertiary alicyclic amines) is 1. The smallest absolute Gasteiger partial charge is 0.251 e. The molecule has 4 nitrogen and oxygen atoms in total. The number of amides is 1. The van der Waals surface area contributed by atoms with Gasteiger partial charge in [-0.2, -0.15) is 0 Å². The van der Waals surface area contributed by atoms with Gasteiger partial charge in [0.2, 0.25) is 0 Å². The van der Waals surface area contributed by atoms with Gasteiger partial charge in [-0.1, -0.05) is 37.3 Å². The Hall–Kier alpha value is -2.33. The first kappa shape index (κ1) is 18.5. The fourth-order valence-corrected chi connectivity index (χ4v) is 3.48. The van der Waals surface area contributed by atoms with E-state index in [2.05, 4.69) is 41.4 Å². The Morgan fingerprint density at radius 2 is 1.88 bits per heavy atom. The van der Waals surface area contributed by atoms with Gasteiger partial charge in [0.25, 0.3) is 5.91 Å². The molecule has 1 heterocycles. The number of rotatable bonds is 5. The van der Waals surface area contributed by atoms with Gasteiger partial charge in [-0.25, -0.2) is 0 Å². The molecule has 0 aliphatic carbocycles. The standard InChI is InChI=1S/C22H29N3O/c1-16-8-10-25(11-9-16)15-19-5-3-4-18(12-19)14-24-22(26)21-13-20(23)7-6-17(21)2/h3-7,12-13,16H,8-11,14-15,23H2,1-2H3,(H,24,26). The minimum atomic E-state index is -0.0785. The summed E-state index contributed by atoms with van der Waals surface area (Å²) in [4.78, 5) is 15.0. The molecule has 1 fully saturated rings. The number of benzene rings is 2. The quantitative estimate of drug-likeness (QED) is 0.807. The third-order valence-electron chi connectivity index (χ3n) is 5.23. The third kappa shape index (κ3) is 4.85. The van der Waals surface area contributed by atoms with Crippen LogP contribution in [0.5, 0.6) is 0 Å². The first-order valence-corrected chi connectivity index (χ1v) is 9.46. The van der Waals surface area contributed by atoms with Crippen LogP contribution in [0, 0.1) is 12.8 Å². The highest BCUT2D eigenvalue weighted by molar-refractivity contribution is 5.96. The van der Waals surface area contributed by atoms with Gasteiger partial charge < -0.3 is 11.1 Å². The van der Waals surface area contributed by atoms with Gasteiger partial charge in [0.05, 0.1) is 0 Å². The second kappa shape index (κ2) is 8.37. The Balaban J connectivity index is 1.58. The Bertz CT molecular complexity index is 764. The van der Waals surface area contributed by atoms with Crippen molar-refractivity contribution in [1.29, 1.82) is 0 Å². The average molecular weight is 351 g/mol. The number of hydrogen-bond acceptors (Lipinski definition) is 3. The van der Waals surface area contributed by atoms with Crippen LogP contribution in [0.4, 0.5) is 5.69 Å². The highest BCUT2D eigenvalue weighted by atomic mass is 16.1. The van der Waals surface area contributed by atoms with E-state index in [0.29, 0.717) is 17.8 Å². The van der Waals surface area contributed by atoms with Crippen LogP contribution in [0.25, 0.3) is 0 Å². The Morgan fingerprint density at radius 3 is 2.65 bits per heavy atom. The molecule has 26 heavy (non-hydrogen) atoms. The number of piperidine rings is 1. The van der Waals surface area contributed by atoms with Gasteiger partial charge in [-0.3, -0.25) is 9.69 Å². The van der Waals surface area contributed by atoms with Crippen molar-refractivity contribution < 1.29 is 4.79 Å². The second-order valence-corrected chi connectivity index (χ2v) is 7.54. The first-order valence-electron chi connectivity index (χ1n) is 9.46. The summed E-state index contributed by atoms with van der Waals surface area (Å²) in [6, 6.07) is 13.9. The number of nitrogen functional groups attached to an aromatic ring is 1. The lowest BCUT2D eigenvalue weighted by atomic mass is 9.98. The summed E-state index contributed by atoms with van der Waals surface area (Å²) in [5.41, 5.74) is 10.4. The highest BCUT2D eigenvalue weighted by Crippen LogP contribution is 2.18. The molecule has 2 aromatic carbocycles. The first-order chi connectivity index (χ1) is 12.5. The monoisotopic (exact) mass is 351 g/mol. The van der Waals surface area contributed by atoms with Crippen molar-refractivity contribution in [2.75, 3.05) is 18.8 Å². The van der Waals surface area contributed by atoms with Crippen LogP contribution in [-0.4, -0.2) is 23.9 Å². The fraction of sp³-hybridized carbons (Fsp3) is 0.409. The normalized spacial score (nSPS) is 15.8. The van der Waals surface area contributed by atoms with Crippen LogP contribution >= 0.6 is 0 Å². The average Bonchev–Trinajstić information content (AvgIpc) is 2.64. The molecule has 3 rings (SSSR count). The number of nitrogens with zero attached hydrogens (tertiary/aromatic N) is 1. The summed E-state index contributed by atoms with van der Waals surface area (Å²) in [5, 5.41) is 3.01. The van der Waals surface area contributed by atoms with E-state index in [1.165, 1.54) is 31.5 Å². The van der Waals surface area contributed by atoms with Crippen LogP contribution in [0.1, 0.15) is 46.8 Å². The van der Waals surface area contributed by atoms with Gasteiger partial charge in [0, 0.05) is 24.3 Å². The number of anilines is 1. The van der Waals surface area contributed by atoms with Crippen molar-refractivity contribution in [3.8, 4) is 0 Å². The molecule has 138 valence electrons. The van der Waals surface area contributed by atoms with E-state index in [4.69, 9.17) is 5.73 Å². The molecule has 0 bridgehead atoms. The van der Waals surface area contributed by atoms with Crippen LogP contribution < -0.4 is 11.1 Å². The second-order valence-electron chi connectivity index (χ2n) is 7.54. The predicted molar refractivity (Wildman–Crippen MR) is 107 cm³/mol. The van der Waals surface area contributed by atoms with Gasteiger partial charge in [-0.05, 0) is 67.6 Å². The van der Waals surface area contributed by atoms with E-state index in [1.54, 1.807) is 6.07 Å². The lowest BCUT2D eigenvalue weighted by Gasteiger charge is -2.30. The summed E-state index contributed by atoms with van der Waals surface area (Å²) >= 11 is 0. The lowest BCUT2D eigenvalue weighted by molar-refractivity contribution is 0.0950. The number of nitrogens with one attached hydrogen (secondary N) is 1. The van der Waals surface area contributed by atoms with Crippen molar-refractivity contribution in [3.05, 3.63) is 64.7 Å². The maximum atomic E-state index is 12.4. The maximum absolute atomic E-state index is 12.4. The topological polar surface area (TPSA) is 58.4 Å². The summed E-state index contributed by atoms with van der Waals surface area (Å²) in [7, 11) is 0. The molecule has 0 unspecified atom stereocenters. The Kier molecular flexibility index (Phi) is 5.94. The van der Waals surface area contributed by atoms with Gasteiger partial charge >= 0.3 is 0 Å². The molecule has 1 aliphatic rings. The van der Waals surface area contributed by atoms with E-state index < -0.39 is 0 Å². The van der Waals surface area contributed by atoms with E-state index >= 15 is 0 Å². The summed E-state index contributed by atoms with van der Waals surface area (Å²) < 4.78 is 0. The Morgan fingerprint density at radius 1 is 1.15 bits per heavy atom. The minimum Gasteiger partial charge on any atom is -0.399 e. The predicted octanol–water partition coefficient (Wildman–Crippen LogP) is 3.74. The molecule has 1 amide bonds. The van der Waals surface area contributed by atoms with Crippen molar-refractivity contribution in [3.63, 3.8) is 0 Å². The van der Waals surface area contributed by atoms with Crippen molar-refractivity contribution in [1.82, 2.24) is 10.2 Å².